The lowest BCUT2D eigenvalue weighted by molar-refractivity contribution is -0.137. The summed E-state index contributed by atoms with van der Waals surface area (Å²) in [6, 6.07) is 9.02. The molecule has 8 heteroatoms. The van der Waals surface area contributed by atoms with Gasteiger partial charge in [-0.3, -0.25) is 4.79 Å². The van der Waals surface area contributed by atoms with Crippen LogP contribution in [0, 0.1) is 5.92 Å². The Morgan fingerprint density at radius 3 is 2.25 bits per heavy atom. The number of anilines is 3. The summed E-state index contributed by atoms with van der Waals surface area (Å²) in [5.41, 5.74) is 1.85. The van der Waals surface area contributed by atoms with Crippen LogP contribution in [0.3, 0.4) is 0 Å². The van der Waals surface area contributed by atoms with E-state index in [2.05, 4.69) is 10.6 Å². The normalized spacial score (nSPS) is 15.9. The Labute approximate surface area is 159 Å². The monoisotopic (exact) mass is 389 g/mol. The molecule has 28 heavy (non-hydrogen) atoms. The average Bonchev–Trinajstić information content (AvgIpc) is 3.41. The van der Waals surface area contributed by atoms with E-state index in [0.29, 0.717) is 12.2 Å². The molecule has 2 aromatic rings. The Balaban J connectivity index is 1.42. The smallest absolute Gasteiger partial charge is 0.312 e. The topological polar surface area (TPSA) is 61.4 Å². The van der Waals surface area contributed by atoms with Crippen molar-refractivity contribution in [1.29, 1.82) is 0 Å². The molecular weight excluding hydrogens is 371 g/mol. The van der Waals surface area contributed by atoms with E-state index in [-0.39, 0.29) is 17.5 Å². The van der Waals surface area contributed by atoms with Crippen molar-refractivity contribution in [1.82, 2.24) is 0 Å². The molecule has 146 valence electrons. The molecule has 1 aliphatic heterocycles. The fraction of sp³-hybridized carbons (Fsp3) is 0.300. The maximum Gasteiger partial charge on any atom is 0.416 e. The second-order valence-corrected chi connectivity index (χ2v) is 7.01. The highest BCUT2D eigenvalue weighted by Crippen LogP contribution is 2.37. The molecule has 0 spiro atoms. The SMILES string of the molecule is O=C(Nc1ccc(C(F)(F)F)cc1)Nc1ccc2c(c1)N(C(=O)C1CC1)CC2. The Bertz CT molecular complexity index is 921. The van der Waals surface area contributed by atoms with Gasteiger partial charge in [-0.05, 0) is 61.2 Å². The minimum atomic E-state index is -4.42. The Hall–Kier alpha value is -3.03. The zero-order valence-electron chi connectivity index (χ0n) is 14.8. The van der Waals surface area contributed by atoms with Crippen molar-refractivity contribution >= 4 is 29.0 Å². The summed E-state index contributed by atoms with van der Waals surface area (Å²) in [4.78, 5) is 26.3. The summed E-state index contributed by atoms with van der Waals surface area (Å²) < 4.78 is 37.8. The first-order valence-corrected chi connectivity index (χ1v) is 9.01. The van der Waals surface area contributed by atoms with Crippen LogP contribution >= 0.6 is 0 Å². The number of fused-ring (bicyclic) bond motifs is 1. The Morgan fingerprint density at radius 1 is 0.964 bits per heavy atom. The van der Waals surface area contributed by atoms with E-state index in [0.717, 1.165) is 42.6 Å². The highest BCUT2D eigenvalue weighted by molar-refractivity contribution is 6.02. The number of carbonyl (C=O) groups excluding carboxylic acids is 2. The van der Waals surface area contributed by atoms with Gasteiger partial charge in [-0.25, -0.2) is 4.79 Å². The van der Waals surface area contributed by atoms with Crippen LogP contribution in [0.4, 0.5) is 35.0 Å². The predicted molar refractivity (Wildman–Crippen MR) is 99.3 cm³/mol. The van der Waals surface area contributed by atoms with E-state index >= 15 is 0 Å². The number of halogens is 3. The molecule has 5 nitrogen and oxygen atoms in total. The van der Waals surface area contributed by atoms with Crippen LogP contribution in [0.5, 0.6) is 0 Å². The number of alkyl halides is 3. The second kappa shape index (κ2) is 6.85. The summed E-state index contributed by atoms with van der Waals surface area (Å²) in [5.74, 6) is 0.246. The number of carbonyl (C=O) groups is 2. The number of nitrogens with one attached hydrogen (secondary N) is 2. The van der Waals surface area contributed by atoms with Gasteiger partial charge in [0.15, 0.2) is 0 Å². The Morgan fingerprint density at radius 2 is 1.61 bits per heavy atom. The summed E-state index contributed by atoms with van der Waals surface area (Å²) in [7, 11) is 0. The molecule has 1 fully saturated rings. The molecule has 2 aromatic carbocycles. The predicted octanol–water partition coefficient (Wildman–Crippen LogP) is 4.65. The van der Waals surface area contributed by atoms with Crippen LogP contribution in [0.2, 0.25) is 0 Å². The maximum absolute atomic E-state index is 12.6. The van der Waals surface area contributed by atoms with Crippen LogP contribution in [0.25, 0.3) is 0 Å². The first kappa shape index (κ1) is 18.3. The molecule has 0 unspecified atom stereocenters. The number of amides is 3. The fourth-order valence-electron chi connectivity index (χ4n) is 3.27. The van der Waals surface area contributed by atoms with E-state index in [1.54, 1.807) is 17.0 Å². The first-order valence-electron chi connectivity index (χ1n) is 9.01. The third kappa shape index (κ3) is 3.81. The van der Waals surface area contributed by atoms with Crippen molar-refractivity contribution in [3.8, 4) is 0 Å². The van der Waals surface area contributed by atoms with E-state index in [1.165, 1.54) is 12.1 Å². The lowest BCUT2D eigenvalue weighted by Crippen LogP contribution is -2.30. The molecule has 2 N–H and O–H groups in total. The fourth-order valence-corrected chi connectivity index (χ4v) is 3.27. The van der Waals surface area contributed by atoms with Crippen LogP contribution in [-0.4, -0.2) is 18.5 Å². The van der Waals surface area contributed by atoms with Crippen molar-refractivity contribution in [2.75, 3.05) is 22.1 Å². The molecule has 0 aromatic heterocycles. The number of urea groups is 1. The van der Waals surface area contributed by atoms with Gasteiger partial charge in [0, 0.05) is 29.5 Å². The molecular formula is C20H18F3N3O2. The molecule has 3 amide bonds. The highest BCUT2D eigenvalue weighted by atomic mass is 19.4. The van der Waals surface area contributed by atoms with Crippen LogP contribution in [-0.2, 0) is 17.4 Å². The maximum atomic E-state index is 12.6. The second-order valence-electron chi connectivity index (χ2n) is 7.01. The van der Waals surface area contributed by atoms with Crippen molar-refractivity contribution in [2.45, 2.75) is 25.4 Å². The lowest BCUT2D eigenvalue weighted by Gasteiger charge is -2.18. The van der Waals surface area contributed by atoms with E-state index in [4.69, 9.17) is 0 Å². The van der Waals surface area contributed by atoms with Crippen molar-refractivity contribution in [3.63, 3.8) is 0 Å². The first-order chi connectivity index (χ1) is 13.3. The number of hydrogen-bond donors (Lipinski definition) is 2. The minimum Gasteiger partial charge on any atom is -0.312 e. The Kier molecular flexibility index (Phi) is 4.49. The molecule has 2 aliphatic rings. The van der Waals surface area contributed by atoms with Crippen LogP contribution in [0.1, 0.15) is 24.0 Å². The van der Waals surface area contributed by atoms with Gasteiger partial charge < -0.3 is 15.5 Å². The molecule has 0 radical (unpaired) electrons. The number of nitrogens with zero attached hydrogens (tertiary/aromatic N) is 1. The standard InChI is InChI=1S/C20H18F3N3O2/c21-20(22,23)14-4-7-15(8-5-14)24-19(28)25-16-6-3-12-9-10-26(17(12)11-16)18(27)13-1-2-13/h3-8,11,13H,1-2,9-10H2,(H2,24,25,28). The van der Waals surface area contributed by atoms with E-state index in [1.807, 2.05) is 6.07 Å². The van der Waals surface area contributed by atoms with Gasteiger partial charge in [0.1, 0.15) is 0 Å². The zero-order valence-corrected chi connectivity index (χ0v) is 14.8. The third-order valence-electron chi connectivity index (χ3n) is 4.90. The largest absolute Gasteiger partial charge is 0.416 e. The van der Waals surface area contributed by atoms with Crippen LogP contribution in [0.15, 0.2) is 42.5 Å². The molecule has 0 saturated heterocycles. The van der Waals surface area contributed by atoms with Gasteiger partial charge in [0.2, 0.25) is 5.91 Å². The molecule has 0 atom stereocenters. The summed E-state index contributed by atoms with van der Waals surface area (Å²) in [5, 5.41) is 5.16. The average molecular weight is 389 g/mol. The van der Waals surface area contributed by atoms with Gasteiger partial charge in [0.25, 0.3) is 0 Å². The molecule has 0 bridgehead atoms. The zero-order chi connectivity index (χ0) is 19.9. The molecule has 1 heterocycles. The van der Waals surface area contributed by atoms with Gasteiger partial charge in [-0.2, -0.15) is 13.2 Å². The van der Waals surface area contributed by atoms with Gasteiger partial charge >= 0.3 is 12.2 Å². The summed E-state index contributed by atoms with van der Waals surface area (Å²) in [6.07, 6.45) is -1.78. The van der Waals surface area contributed by atoms with Gasteiger partial charge in [-0.15, -0.1) is 0 Å². The quantitative estimate of drug-likeness (QED) is 0.803. The van der Waals surface area contributed by atoms with Crippen LogP contribution < -0.4 is 15.5 Å². The van der Waals surface area contributed by atoms with E-state index < -0.39 is 17.8 Å². The number of rotatable bonds is 3. The van der Waals surface area contributed by atoms with Crippen molar-refractivity contribution in [2.24, 2.45) is 5.92 Å². The summed E-state index contributed by atoms with van der Waals surface area (Å²) in [6.45, 7) is 0.645. The van der Waals surface area contributed by atoms with Gasteiger partial charge in [-0.1, -0.05) is 6.07 Å². The third-order valence-corrected chi connectivity index (χ3v) is 4.90. The van der Waals surface area contributed by atoms with Crippen molar-refractivity contribution in [3.05, 3.63) is 53.6 Å². The molecule has 1 aliphatic carbocycles. The van der Waals surface area contributed by atoms with Crippen molar-refractivity contribution < 1.29 is 22.8 Å². The van der Waals surface area contributed by atoms with E-state index in [9.17, 15) is 22.8 Å². The minimum absolute atomic E-state index is 0.116. The summed E-state index contributed by atoms with van der Waals surface area (Å²) >= 11 is 0. The molecule has 1 saturated carbocycles. The number of benzene rings is 2. The molecule has 4 rings (SSSR count). The number of hydrogen-bond acceptors (Lipinski definition) is 2. The van der Waals surface area contributed by atoms with Gasteiger partial charge in [0.05, 0.1) is 5.56 Å². The highest BCUT2D eigenvalue weighted by Gasteiger charge is 2.36. The lowest BCUT2D eigenvalue weighted by atomic mass is 10.1.